The molecule has 7 heteroatoms. The molecule has 0 amide bonds. The first-order chi connectivity index (χ1) is 8.63. The SMILES string of the molecule is COc1ccccc1S(=O)(=O)N[C@@H]1CCCNC1.Cl. The van der Waals surface area contributed by atoms with E-state index in [1.807, 2.05) is 0 Å². The maximum Gasteiger partial charge on any atom is 0.244 e. The van der Waals surface area contributed by atoms with Gasteiger partial charge in [-0.05, 0) is 31.5 Å². The minimum Gasteiger partial charge on any atom is -0.495 e. The van der Waals surface area contributed by atoms with Crippen LogP contribution in [-0.2, 0) is 10.0 Å². The standard InChI is InChI=1S/C12H18N2O3S.ClH/c1-17-11-6-2-3-7-12(11)18(15,16)14-10-5-4-8-13-9-10;/h2-3,6-7,10,13-14H,4-5,8-9H2,1H3;1H/t10-;/m1./s1. The van der Waals surface area contributed by atoms with Crippen LogP contribution in [0.5, 0.6) is 5.75 Å². The van der Waals surface area contributed by atoms with Gasteiger partial charge in [0.15, 0.2) is 0 Å². The van der Waals surface area contributed by atoms with Crippen LogP contribution < -0.4 is 14.8 Å². The lowest BCUT2D eigenvalue weighted by atomic mass is 10.1. The Balaban J connectivity index is 0.00000180. The van der Waals surface area contributed by atoms with E-state index in [0.717, 1.165) is 19.4 Å². The van der Waals surface area contributed by atoms with Gasteiger partial charge >= 0.3 is 0 Å². The summed E-state index contributed by atoms with van der Waals surface area (Å²) in [6.45, 7) is 1.63. The van der Waals surface area contributed by atoms with Crippen LogP contribution >= 0.6 is 12.4 Å². The molecule has 0 spiro atoms. The predicted octanol–water partition coefficient (Wildman–Crippen LogP) is 1.15. The maximum absolute atomic E-state index is 12.3. The molecule has 0 bridgehead atoms. The maximum atomic E-state index is 12.3. The van der Waals surface area contributed by atoms with E-state index in [1.54, 1.807) is 24.3 Å². The fourth-order valence-electron chi connectivity index (χ4n) is 2.08. The molecule has 1 fully saturated rings. The van der Waals surface area contributed by atoms with Crippen molar-refractivity contribution in [3.8, 4) is 5.75 Å². The van der Waals surface area contributed by atoms with Gasteiger partial charge in [-0.1, -0.05) is 12.1 Å². The molecule has 19 heavy (non-hydrogen) atoms. The van der Waals surface area contributed by atoms with Crippen molar-refractivity contribution in [2.75, 3.05) is 20.2 Å². The van der Waals surface area contributed by atoms with Crippen LogP contribution in [0.1, 0.15) is 12.8 Å². The summed E-state index contributed by atoms with van der Waals surface area (Å²) in [6, 6.07) is 6.59. The van der Waals surface area contributed by atoms with E-state index in [-0.39, 0.29) is 23.3 Å². The summed E-state index contributed by atoms with van der Waals surface area (Å²) in [5.74, 6) is 0.369. The van der Waals surface area contributed by atoms with E-state index >= 15 is 0 Å². The molecule has 0 radical (unpaired) electrons. The Hall–Kier alpha value is -0.820. The van der Waals surface area contributed by atoms with Crippen molar-refractivity contribution in [3.05, 3.63) is 24.3 Å². The van der Waals surface area contributed by atoms with Crippen molar-refractivity contribution in [3.63, 3.8) is 0 Å². The number of ether oxygens (including phenoxy) is 1. The van der Waals surface area contributed by atoms with E-state index < -0.39 is 10.0 Å². The molecule has 1 saturated heterocycles. The first-order valence-electron chi connectivity index (χ1n) is 5.99. The number of sulfonamides is 1. The number of nitrogens with one attached hydrogen (secondary N) is 2. The minimum absolute atomic E-state index is 0. The molecular weight excluding hydrogens is 288 g/mol. The third-order valence-corrected chi connectivity index (χ3v) is 4.54. The van der Waals surface area contributed by atoms with Crippen LogP contribution in [-0.4, -0.2) is 34.7 Å². The largest absolute Gasteiger partial charge is 0.495 e. The van der Waals surface area contributed by atoms with Gasteiger partial charge in [0.2, 0.25) is 10.0 Å². The Kier molecular flexibility index (Phi) is 6.06. The van der Waals surface area contributed by atoms with Crippen LogP contribution in [0.2, 0.25) is 0 Å². The zero-order valence-electron chi connectivity index (χ0n) is 10.8. The Morgan fingerprint density at radius 3 is 2.74 bits per heavy atom. The lowest BCUT2D eigenvalue weighted by Gasteiger charge is -2.24. The van der Waals surface area contributed by atoms with Gasteiger partial charge in [0, 0.05) is 12.6 Å². The molecule has 1 aromatic carbocycles. The van der Waals surface area contributed by atoms with E-state index in [4.69, 9.17) is 4.74 Å². The van der Waals surface area contributed by atoms with Gasteiger partial charge in [-0.15, -0.1) is 12.4 Å². The average Bonchev–Trinajstić information content (AvgIpc) is 2.39. The van der Waals surface area contributed by atoms with Gasteiger partial charge in [0.25, 0.3) is 0 Å². The minimum atomic E-state index is -3.52. The van der Waals surface area contributed by atoms with Crippen LogP contribution in [0.3, 0.4) is 0 Å². The molecule has 1 aliphatic rings. The lowest BCUT2D eigenvalue weighted by molar-refractivity contribution is 0.399. The second kappa shape index (κ2) is 7.09. The van der Waals surface area contributed by atoms with Crippen LogP contribution in [0.4, 0.5) is 0 Å². The van der Waals surface area contributed by atoms with Crippen molar-refractivity contribution in [1.82, 2.24) is 10.0 Å². The number of hydrogen-bond acceptors (Lipinski definition) is 4. The molecule has 5 nitrogen and oxygen atoms in total. The fourth-order valence-corrected chi connectivity index (χ4v) is 3.52. The number of piperidine rings is 1. The molecule has 1 atom stereocenters. The highest BCUT2D eigenvalue weighted by atomic mass is 35.5. The zero-order chi connectivity index (χ0) is 13.0. The van der Waals surface area contributed by atoms with Gasteiger partial charge in [0.05, 0.1) is 7.11 Å². The average molecular weight is 307 g/mol. The van der Waals surface area contributed by atoms with Crippen molar-refractivity contribution >= 4 is 22.4 Å². The summed E-state index contributed by atoms with van der Waals surface area (Å²) < 4.78 is 32.3. The second-order valence-corrected chi connectivity index (χ2v) is 6.00. The molecule has 0 saturated carbocycles. The van der Waals surface area contributed by atoms with E-state index in [0.29, 0.717) is 12.3 Å². The molecule has 2 N–H and O–H groups in total. The molecule has 108 valence electrons. The van der Waals surface area contributed by atoms with Gasteiger partial charge in [0.1, 0.15) is 10.6 Å². The number of para-hydroxylation sites is 1. The lowest BCUT2D eigenvalue weighted by Crippen LogP contribution is -2.45. The highest BCUT2D eigenvalue weighted by Gasteiger charge is 2.24. The van der Waals surface area contributed by atoms with Gasteiger partial charge in [-0.2, -0.15) is 0 Å². The molecule has 1 aliphatic heterocycles. The van der Waals surface area contributed by atoms with Gasteiger partial charge < -0.3 is 10.1 Å². The van der Waals surface area contributed by atoms with Crippen molar-refractivity contribution in [1.29, 1.82) is 0 Å². The smallest absolute Gasteiger partial charge is 0.244 e. The van der Waals surface area contributed by atoms with Gasteiger partial charge in [-0.3, -0.25) is 0 Å². The summed E-state index contributed by atoms with van der Waals surface area (Å²) in [6.07, 6.45) is 1.85. The number of halogens is 1. The first-order valence-corrected chi connectivity index (χ1v) is 7.48. The number of methoxy groups -OCH3 is 1. The zero-order valence-corrected chi connectivity index (χ0v) is 12.4. The Morgan fingerprint density at radius 1 is 1.37 bits per heavy atom. The van der Waals surface area contributed by atoms with Crippen molar-refractivity contribution in [2.24, 2.45) is 0 Å². The van der Waals surface area contributed by atoms with Crippen molar-refractivity contribution < 1.29 is 13.2 Å². The number of rotatable bonds is 4. The molecule has 1 heterocycles. The van der Waals surface area contributed by atoms with Gasteiger partial charge in [-0.25, -0.2) is 13.1 Å². The Labute approximate surface area is 120 Å². The summed E-state index contributed by atoms with van der Waals surface area (Å²) in [5, 5.41) is 3.18. The normalized spacial score (nSPS) is 19.5. The van der Waals surface area contributed by atoms with Crippen molar-refractivity contribution in [2.45, 2.75) is 23.8 Å². The summed E-state index contributed by atoms with van der Waals surface area (Å²) in [4.78, 5) is 0.193. The molecular formula is C12H19ClN2O3S. The molecule has 1 aromatic rings. The molecule has 0 aromatic heterocycles. The third kappa shape index (κ3) is 4.07. The predicted molar refractivity (Wildman–Crippen MR) is 76.5 cm³/mol. The molecule has 0 aliphatic carbocycles. The fraction of sp³-hybridized carbons (Fsp3) is 0.500. The summed E-state index contributed by atoms with van der Waals surface area (Å²) in [7, 11) is -2.05. The molecule has 0 unspecified atom stereocenters. The molecule has 2 rings (SSSR count). The number of benzene rings is 1. The van der Waals surface area contributed by atoms with E-state index in [2.05, 4.69) is 10.0 Å². The summed E-state index contributed by atoms with van der Waals surface area (Å²) >= 11 is 0. The van der Waals surface area contributed by atoms with Crippen LogP contribution in [0.15, 0.2) is 29.2 Å². The Bertz CT molecular complexity index is 501. The topological polar surface area (TPSA) is 67.4 Å². The third-order valence-electron chi connectivity index (χ3n) is 2.98. The highest BCUT2D eigenvalue weighted by Crippen LogP contribution is 2.23. The van der Waals surface area contributed by atoms with E-state index in [1.165, 1.54) is 7.11 Å². The Morgan fingerprint density at radius 2 is 2.11 bits per heavy atom. The van der Waals surface area contributed by atoms with Crippen LogP contribution in [0, 0.1) is 0 Å². The van der Waals surface area contributed by atoms with E-state index in [9.17, 15) is 8.42 Å². The monoisotopic (exact) mass is 306 g/mol. The first kappa shape index (κ1) is 16.2. The quantitative estimate of drug-likeness (QED) is 0.875. The number of hydrogen-bond donors (Lipinski definition) is 2. The second-order valence-electron chi connectivity index (χ2n) is 4.32. The summed E-state index contributed by atoms with van der Waals surface area (Å²) in [5.41, 5.74) is 0. The highest BCUT2D eigenvalue weighted by molar-refractivity contribution is 7.89. The van der Waals surface area contributed by atoms with Crippen LogP contribution in [0.25, 0.3) is 0 Å².